The zero-order chi connectivity index (χ0) is 18.8. The molecular formula is C21H16N4O2. The molecule has 0 bridgehead atoms. The van der Waals surface area contributed by atoms with Gasteiger partial charge in [0.2, 0.25) is 5.91 Å². The first-order valence-electron chi connectivity index (χ1n) is 8.40. The number of para-hydroxylation sites is 1. The standard InChI is InChI=1S/C21H16N4O2/c1-27-19-10-16(9-14-5-2-3-7-17(14)19)24-20(26)12-25-13-23-18-8-4-6-15(11-22)21(18)25/h2-10,13H,12H2,1H3,(H,24,26). The number of amides is 1. The molecule has 0 radical (unpaired) electrons. The van der Waals surface area contributed by atoms with E-state index in [2.05, 4.69) is 16.4 Å². The topological polar surface area (TPSA) is 79.9 Å². The van der Waals surface area contributed by atoms with Crippen molar-refractivity contribution in [2.24, 2.45) is 0 Å². The number of imidazole rings is 1. The van der Waals surface area contributed by atoms with E-state index in [1.807, 2.05) is 36.4 Å². The lowest BCUT2D eigenvalue weighted by Gasteiger charge is -2.11. The number of hydrogen-bond donors (Lipinski definition) is 1. The molecule has 0 unspecified atom stereocenters. The average molecular weight is 356 g/mol. The van der Waals surface area contributed by atoms with Crippen LogP contribution in [0.2, 0.25) is 0 Å². The monoisotopic (exact) mass is 356 g/mol. The molecule has 3 aromatic carbocycles. The molecule has 1 N–H and O–H groups in total. The highest BCUT2D eigenvalue weighted by atomic mass is 16.5. The van der Waals surface area contributed by atoms with Crippen LogP contribution in [0, 0.1) is 11.3 Å². The number of nitriles is 1. The van der Waals surface area contributed by atoms with Gasteiger partial charge in [-0.1, -0.05) is 30.3 Å². The van der Waals surface area contributed by atoms with Gasteiger partial charge in [0.05, 0.1) is 30.0 Å². The van der Waals surface area contributed by atoms with Gasteiger partial charge in [-0.3, -0.25) is 4.79 Å². The van der Waals surface area contributed by atoms with Gasteiger partial charge in [-0.15, -0.1) is 0 Å². The first kappa shape index (κ1) is 16.6. The molecule has 0 aliphatic heterocycles. The zero-order valence-electron chi connectivity index (χ0n) is 14.6. The van der Waals surface area contributed by atoms with Crippen molar-refractivity contribution in [2.45, 2.75) is 6.54 Å². The van der Waals surface area contributed by atoms with Crippen molar-refractivity contribution in [3.63, 3.8) is 0 Å². The Balaban J connectivity index is 1.62. The third-order valence-electron chi connectivity index (χ3n) is 4.40. The number of nitrogens with zero attached hydrogens (tertiary/aromatic N) is 3. The van der Waals surface area contributed by atoms with Crippen molar-refractivity contribution in [3.8, 4) is 11.8 Å². The number of ether oxygens (including phenoxy) is 1. The molecule has 0 saturated carbocycles. The highest BCUT2D eigenvalue weighted by Gasteiger charge is 2.12. The molecule has 4 aromatic rings. The van der Waals surface area contributed by atoms with Crippen molar-refractivity contribution in [1.82, 2.24) is 9.55 Å². The molecule has 132 valence electrons. The minimum atomic E-state index is -0.209. The van der Waals surface area contributed by atoms with E-state index in [0.717, 1.165) is 10.8 Å². The molecule has 0 atom stereocenters. The minimum absolute atomic E-state index is 0.0599. The predicted octanol–water partition coefficient (Wildman–Crippen LogP) is 3.71. The van der Waals surface area contributed by atoms with Crippen LogP contribution < -0.4 is 10.1 Å². The molecule has 1 amide bonds. The van der Waals surface area contributed by atoms with Crippen LogP contribution >= 0.6 is 0 Å². The quantitative estimate of drug-likeness (QED) is 0.604. The van der Waals surface area contributed by atoms with E-state index in [4.69, 9.17) is 4.74 Å². The van der Waals surface area contributed by atoms with Gasteiger partial charge in [-0.05, 0) is 23.6 Å². The summed E-state index contributed by atoms with van der Waals surface area (Å²) in [7, 11) is 1.61. The van der Waals surface area contributed by atoms with Gasteiger partial charge >= 0.3 is 0 Å². The normalized spacial score (nSPS) is 10.7. The smallest absolute Gasteiger partial charge is 0.244 e. The van der Waals surface area contributed by atoms with Gasteiger partial charge in [0.15, 0.2) is 0 Å². The van der Waals surface area contributed by atoms with E-state index in [1.54, 1.807) is 36.2 Å². The number of fused-ring (bicyclic) bond motifs is 2. The van der Waals surface area contributed by atoms with Crippen LogP contribution in [0.15, 0.2) is 60.9 Å². The summed E-state index contributed by atoms with van der Waals surface area (Å²) >= 11 is 0. The van der Waals surface area contributed by atoms with Crippen molar-refractivity contribution < 1.29 is 9.53 Å². The molecule has 0 fully saturated rings. The van der Waals surface area contributed by atoms with Crippen LogP contribution in [-0.4, -0.2) is 22.6 Å². The Labute approximate surface area is 155 Å². The third-order valence-corrected chi connectivity index (χ3v) is 4.40. The summed E-state index contributed by atoms with van der Waals surface area (Å²) in [5, 5.41) is 14.2. The Morgan fingerprint density at radius 2 is 2.07 bits per heavy atom. The van der Waals surface area contributed by atoms with Crippen LogP contribution in [0.4, 0.5) is 5.69 Å². The maximum Gasteiger partial charge on any atom is 0.244 e. The van der Waals surface area contributed by atoms with Gasteiger partial charge in [0, 0.05) is 17.1 Å². The number of anilines is 1. The second kappa shape index (κ2) is 6.81. The summed E-state index contributed by atoms with van der Waals surface area (Å²) in [4.78, 5) is 16.8. The number of methoxy groups -OCH3 is 1. The molecule has 1 aromatic heterocycles. The van der Waals surface area contributed by atoms with Gasteiger partial charge < -0.3 is 14.6 Å². The number of aromatic nitrogens is 2. The lowest BCUT2D eigenvalue weighted by Crippen LogP contribution is -2.18. The van der Waals surface area contributed by atoms with Gasteiger partial charge in [-0.25, -0.2) is 4.98 Å². The van der Waals surface area contributed by atoms with Crippen molar-refractivity contribution >= 4 is 33.4 Å². The molecule has 0 saturated heterocycles. The van der Waals surface area contributed by atoms with Crippen LogP contribution in [-0.2, 0) is 11.3 Å². The van der Waals surface area contributed by atoms with Crippen LogP contribution in [0.25, 0.3) is 21.8 Å². The van der Waals surface area contributed by atoms with Crippen molar-refractivity contribution in [1.29, 1.82) is 5.26 Å². The van der Waals surface area contributed by atoms with E-state index in [0.29, 0.717) is 28.0 Å². The van der Waals surface area contributed by atoms with E-state index < -0.39 is 0 Å². The SMILES string of the molecule is COc1cc(NC(=O)Cn2cnc3cccc(C#N)c32)cc2ccccc12. The number of carbonyl (C=O) groups is 1. The highest BCUT2D eigenvalue weighted by molar-refractivity contribution is 5.97. The van der Waals surface area contributed by atoms with E-state index in [-0.39, 0.29) is 12.5 Å². The fourth-order valence-corrected chi connectivity index (χ4v) is 3.21. The van der Waals surface area contributed by atoms with Crippen LogP contribution in [0.5, 0.6) is 5.75 Å². The Morgan fingerprint density at radius 3 is 2.89 bits per heavy atom. The zero-order valence-corrected chi connectivity index (χ0v) is 14.6. The van der Waals surface area contributed by atoms with E-state index >= 15 is 0 Å². The Hall–Kier alpha value is -3.85. The third kappa shape index (κ3) is 3.07. The predicted molar refractivity (Wildman–Crippen MR) is 104 cm³/mol. The summed E-state index contributed by atoms with van der Waals surface area (Å²) in [5.74, 6) is 0.489. The van der Waals surface area contributed by atoms with Crippen LogP contribution in [0.3, 0.4) is 0 Å². The van der Waals surface area contributed by atoms with Crippen molar-refractivity contribution in [3.05, 3.63) is 66.5 Å². The number of nitrogens with one attached hydrogen (secondary N) is 1. The fraction of sp³-hybridized carbons (Fsp3) is 0.0952. The Morgan fingerprint density at radius 1 is 1.22 bits per heavy atom. The second-order valence-electron chi connectivity index (χ2n) is 6.11. The first-order chi connectivity index (χ1) is 13.2. The summed E-state index contributed by atoms with van der Waals surface area (Å²) in [5.41, 5.74) is 2.49. The minimum Gasteiger partial charge on any atom is -0.496 e. The molecule has 6 heteroatoms. The van der Waals surface area contributed by atoms with E-state index in [9.17, 15) is 10.1 Å². The fourth-order valence-electron chi connectivity index (χ4n) is 3.21. The Bertz CT molecular complexity index is 1200. The molecule has 0 aliphatic carbocycles. The molecule has 4 rings (SSSR count). The summed E-state index contributed by atoms with van der Waals surface area (Å²) in [6, 6.07) is 19.0. The first-order valence-corrected chi connectivity index (χ1v) is 8.40. The number of hydrogen-bond acceptors (Lipinski definition) is 4. The van der Waals surface area contributed by atoms with Gasteiger partial charge in [0.1, 0.15) is 18.4 Å². The summed E-state index contributed by atoms with van der Waals surface area (Å²) in [6.45, 7) is 0.0599. The lowest BCUT2D eigenvalue weighted by atomic mass is 10.1. The average Bonchev–Trinajstić information content (AvgIpc) is 3.10. The number of benzene rings is 3. The molecule has 0 aliphatic rings. The largest absolute Gasteiger partial charge is 0.496 e. The van der Waals surface area contributed by atoms with E-state index in [1.165, 1.54) is 0 Å². The van der Waals surface area contributed by atoms with Crippen LogP contribution in [0.1, 0.15) is 5.56 Å². The maximum absolute atomic E-state index is 12.6. The molecular weight excluding hydrogens is 340 g/mol. The number of carbonyl (C=O) groups excluding carboxylic acids is 1. The molecule has 27 heavy (non-hydrogen) atoms. The lowest BCUT2D eigenvalue weighted by molar-refractivity contribution is -0.116. The highest BCUT2D eigenvalue weighted by Crippen LogP contribution is 2.29. The maximum atomic E-state index is 12.6. The molecule has 6 nitrogen and oxygen atoms in total. The summed E-state index contributed by atoms with van der Waals surface area (Å²) in [6.07, 6.45) is 1.58. The Kier molecular flexibility index (Phi) is 4.19. The molecule has 1 heterocycles. The van der Waals surface area contributed by atoms with Gasteiger partial charge in [0.25, 0.3) is 0 Å². The van der Waals surface area contributed by atoms with Gasteiger partial charge in [-0.2, -0.15) is 5.26 Å². The van der Waals surface area contributed by atoms with Crippen molar-refractivity contribution in [2.75, 3.05) is 12.4 Å². The summed E-state index contributed by atoms with van der Waals surface area (Å²) < 4.78 is 7.12. The molecule has 0 spiro atoms. The number of rotatable bonds is 4. The second-order valence-corrected chi connectivity index (χ2v) is 6.11.